The Morgan fingerprint density at radius 1 is 1.18 bits per heavy atom. The van der Waals surface area contributed by atoms with Crippen molar-refractivity contribution < 1.29 is 5.11 Å². The average Bonchev–Trinajstić information content (AvgIpc) is 2.83. The summed E-state index contributed by atoms with van der Waals surface area (Å²) < 4.78 is 0. The first-order valence-electron chi connectivity index (χ1n) is 5.98. The first-order chi connectivity index (χ1) is 8.01. The third-order valence-corrected chi connectivity index (χ3v) is 3.24. The summed E-state index contributed by atoms with van der Waals surface area (Å²) in [5, 5.41) is 10.6. The van der Waals surface area contributed by atoms with E-state index in [0.717, 1.165) is 11.3 Å². The molecule has 1 aromatic carbocycles. The van der Waals surface area contributed by atoms with Gasteiger partial charge in [-0.3, -0.25) is 0 Å². The monoisotopic (exact) mass is 229 g/mol. The number of hydrogen-bond acceptors (Lipinski definition) is 1. The lowest BCUT2D eigenvalue weighted by Crippen LogP contribution is -2.23. The second kappa shape index (κ2) is 4.38. The predicted molar refractivity (Wildman–Crippen MR) is 70.0 cm³/mol. The second-order valence-corrected chi connectivity index (χ2v) is 4.94. The second-order valence-electron chi connectivity index (χ2n) is 4.94. The maximum Gasteiger partial charge on any atom is 0.126 e. The third kappa shape index (κ3) is 2.27. The number of benzene rings is 1. The van der Waals surface area contributed by atoms with Gasteiger partial charge in [-0.15, -0.1) is 0 Å². The van der Waals surface area contributed by atoms with E-state index in [2.05, 4.69) is 31.0 Å². The molecule has 0 aliphatic rings. The smallest absolute Gasteiger partial charge is 0.126 e. The molecule has 0 radical (unpaired) electrons. The van der Waals surface area contributed by atoms with Crippen LogP contribution in [-0.2, 0) is 5.60 Å². The van der Waals surface area contributed by atoms with E-state index in [0.29, 0.717) is 5.92 Å². The summed E-state index contributed by atoms with van der Waals surface area (Å²) >= 11 is 0. The van der Waals surface area contributed by atoms with E-state index in [9.17, 15) is 5.11 Å². The molecule has 90 valence electrons. The van der Waals surface area contributed by atoms with Gasteiger partial charge in [-0.1, -0.05) is 38.1 Å². The van der Waals surface area contributed by atoms with Crippen LogP contribution in [0.15, 0.2) is 42.6 Å². The molecule has 1 unspecified atom stereocenters. The largest absolute Gasteiger partial charge is 0.379 e. The van der Waals surface area contributed by atoms with Crippen molar-refractivity contribution in [3.05, 3.63) is 59.4 Å². The summed E-state index contributed by atoms with van der Waals surface area (Å²) in [6.07, 6.45) is 1.83. The van der Waals surface area contributed by atoms with E-state index in [1.165, 1.54) is 5.56 Å². The van der Waals surface area contributed by atoms with Crippen molar-refractivity contribution in [3.63, 3.8) is 0 Å². The molecular weight excluding hydrogens is 210 g/mol. The number of aromatic amines is 1. The van der Waals surface area contributed by atoms with E-state index >= 15 is 0 Å². The number of nitrogens with one attached hydrogen (secondary N) is 1. The van der Waals surface area contributed by atoms with Crippen LogP contribution in [0.5, 0.6) is 0 Å². The standard InChI is InChI=1S/C15H19NO/c1-11(2)12-6-4-7-13(10-12)15(3,17)14-8-5-9-16-14/h4-11,16-17H,1-3H3. The molecule has 0 saturated heterocycles. The molecule has 0 saturated carbocycles. The number of aromatic nitrogens is 1. The molecule has 2 aromatic rings. The van der Waals surface area contributed by atoms with Gasteiger partial charge in [-0.2, -0.15) is 0 Å². The van der Waals surface area contributed by atoms with Gasteiger partial charge in [0.15, 0.2) is 0 Å². The molecule has 0 aliphatic carbocycles. The predicted octanol–water partition coefficient (Wildman–Crippen LogP) is 3.39. The number of aliphatic hydroxyl groups is 1. The molecule has 0 spiro atoms. The fraction of sp³-hybridized carbons (Fsp3) is 0.333. The topological polar surface area (TPSA) is 36.0 Å². The first-order valence-corrected chi connectivity index (χ1v) is 5.98. The van der Waals surface area contributed by atoms with Crippen LogP contribution in [-0.4, -0.2) is 10.1 Å². The highest BCUT2D eigenvalue weighted by molar-refractivity contribution is 5.35. The molecule has 2 rings (SSSR count). The molecule has 1 aromatic heterocycles. The van der Waals surface area contributed by atoms with Gasteiger partial charge >= 0.3 is 0 Å². The minimum atomic E-state index is -0.964. The highest BCUT2D eigenvalue weighted by Gasteiger charge is 2.26. The van der Waals surface area contributed by atoms with Crippen LogP contribution in [0.25, 0.3) is 0 Å². The van der Waals surface area contributed by atoms with Gasteiger partial charge < -0.3 is 10.1 Å². The summed E-state index contributed by atoms with van der Waals surface area (Å²) in [5.74, 6) is 0.467. The van der Waals surface area contributed by atoms with E-state index in [1.807, 2.05) is 37.4 Å². The van der Waals surface area contributed by atoms with Crippen LogP contribution < -0.4 is 0 Å². The van der Waals surface area contributed by atoms with Gasteiger partial charge in [0.25, 0.3) is 0 Å². The van der Waals surface area contributed by atoms with Gasteiger partial charge in [0, 0.05) is 6.20 Å². The molecule has 0 bridgehead atoms. The van der Waals surface area contributed by atoms with Crippen LogP contribution in [0, 0.1) is 0 Å². The van der Waals surface area contributed by atoms with Crippen LogP contribution in [0.2, 0.25) is 0 Å². The van der Waals surface area contributed by atoms with E-state index in [4.69, 9.17) is 0 Å². The Labute approximate surface area is 102 Å². The molecule has 1 atom stereocenters. The lowest BCUT2D eigenvalue weighted by molar-refractivity contribution is 0.0979. The molecule has 17 heavy (non-hydrogen) atoms. The maximum absolute atomic E-state index is 10.6. The average molecular weight is 229 g/mol. The molecular formula is C15H19NO. The molecule has 1 heterocycles. The fourth-order valence-corrected chi connectivity index (χ4v) is 1.99. The SMILES string of the molecule is CC(C)c1cccc(C(C)(O)c2ccc[nH]2)c1. The number of H-pyrrole nitrogens is 1. The van der Waals surface area contributed by atoms with Crippen molar-refractivity contribution >= 4 is 0 Å². The van der Waals surface area contributed by atoms with E-state index in [1.54, 1.807) is 0 Å². The lowest BCUT2D eigenvalue weighted by atomic mass is 9.89. The Kier molecular flexibility index (Phi) is 3.07. The highest BCUT2D eigenvalue weighted by Crippen LogP contribution is 2.29. The van der Waals surface area contributed by atoms with Crippen molar-refractivity contribution in [2.75, 3.05) is 0 Å². The summed E-state index contributed by atoms with van der Waals surface area (Å²) in [5.41, 5.74) is 2.02. The summed E-state index contributed by atoms with van der Waals surface area (Å²) in [7, 11) is 0. The van der Waals surface area contributed by atoms with Crippen molar-refractivity contribution in [1.29, 1.82) is 0 Å². The zero-order chi connectivity index (χ0) is 12.5. The van der Waals surface area contributed by atoms with Crippen LogP contribution >= 0.6 is 0 Å². The Morgan fingerprint density at radius 2 is 1.94 bits per heavy atom. The number of hydrogen-bond donors (Lipinski definition) is 2. The minimum Gasteiger partial charge on any atom is -0.379 e. The van der Waals surface area contributed by atoms with Crippen molar-refractivity contribution in [1.82, 2.24) is 4.98 Å². The van der Waals surface area contributed by atoms with E-state index < -0.39 is 5.60 Å². The Bertz CT molecular complexity index is 483. The van der Waals surface area contributed by atoms with Crippen LogP contribution in [0.3, 0.4) is 0 Å². The van der Waals surface area contributed by atoms with Gasteiger partial charge in [0.1, 0.15) is 5.60 Å². The number of rotatable bonds is 3. The minimum absolute atomic E-state index is 0.467. The molecule has 0 aliphatic heterocycles. The zero-order valence-electron chi connectivity index (χ0n) is 10.6. The Morgan fingerprint density at radius 3 is 2.53 bits per heavy atom. The third-order valence-electron chi connectivity index (χ3n) is 3.24. The summed E-state index contributed by atoms with van der Waals surface area (Å²) in [6.45, 7) is 6.13. The van der Waals surface area contributed by atoms with Crippen LogP contribution in [0.4, 0.5) is 0 Å². The quantitative estimate of drug-likeness (QED) is 0.831. The molecule has 2 nitrogen and oxygen atoms in total. The Balaban J connectivity index is 2.43. The normalized spacial score (nSPS) is 14.9. The summed E-state index contributed by atoms with van der Waals surface area (Å²) in [6, 6.07) is 11.9. The highest BCUT2D eigenvalue weighted by atomic mass is 16.3. The molecule has 0 amide bonds. The summed E-state index contributed by atoms with van der Waals surface area (Å²) in [4.78, 5) is 3.07. The van der Waals surface area contributed by atoms with Gasteiger partial charge in [-0.05, 0) is 36.1 Å². The van der Waals surface area contributed by atoms with Gasteiger partial charge in [-0.25, -0.2) is 0 Å². The molecule has 2 heteroatoms. The zero-order valence-corrected chi connectivity index (χ0v) is 10.6. The fourth-order valence-electron chi connectivity index (χ4n) is 1.99. The van der Waals surface area contributed by atoms with Crippen molar-refractivity contribution in [2.24, 2.45) is 0 Å². The van der Waals surface area contributed by atoms with Crippen molar-refractivity contribution in [3.8, 4) is 0 Å². The Hall–Kier alpha value is -1.54. The maximum atomic E-state index is 10.6. The van der Waals surface area contributed by atoms with Crippen molar-refractivity contribution in [2.45, 2.75) is 32.3 Å². The van der Waals surface area contributed by atoms with Gasteiger partial charge in [0.05, 0.1) is 5.69 Å². The lowest BCUT2D eigenvalue weighted by Gasteiger charge is -2.24. The molecule has 2 N–H and O–H groups in total. The first kappa shape index (κ1) is 11.9. The van der Waals surface area contributed by atoms with Gasteiger partial charge in [0.2, 0.25) is 0 Å². The van der Waals surface area contributed by atoms with Crippen LogP contribution in [0.1, 0.15) is 43.5 Å². The molecule has 0 fully saturated rings. The van der Waals surface area contributed by atoms with E-state index in [-0.39, 0.29) is 0 Å².